The molecule has 0 saturated heterocycles. The van der Waals surface area contributed by atoms with Crippen LogP contribution in [0.1, 0.15) is 11.1 Å². The molecule has 0 aromatic heterocycles. The van der Waals surface area contributed by atoms with Gasteiger partial charge in [-0.2, -0.15) is 0 Å². The van der Waals surface area contributed by atoms with Crippen molar-refractivity contribution in [3.8, 4) is 0 Å². The van der Waals surface area contributed by atoms with E-state index in [-0.39, 0.29) is 0 Å². The third-order valence-electron chi connectivity index (χ3n) is 3.33. The third-order valence-corrected chi connectivity index (χ3v) is 6.17. The van der Waals surface area contributed by atoms with Gasteiger partial charge in [0.05, 0.1) is 0 Å². The first-order chi connectivity index (χ1) is 11.4. The van der Waals surface area contributed by atoms with Gasteiger partial charge in [-0.15, -0.1) is 0 Å². The van der Waals surface area contributed by atoms with E-state index < -0.39 is 20.9 Å². The minimum absolute atomic E-state index is 0.392. The molecular weight excluding hydrogens is 392 g/mol. The molecule has 23 heavy (non-hydrogen) atoms. The number of hydrogen-bond donors (Lipinski definition) is 0. The van der Waals surface area contributed by atoms with Crippen molar-refractivity contribution in [2.24, 2.45) is 0 Å². The third kappa shape index (κ3) is 5.25. The molecular formula is C22H18Te. The van der Waals surface area contributed by atoms with Crippen molar-refractivity contribution in [3.05, 3.63) is 112 Å². The Kier molecular flexibility index (Phi) is 5.87. The van der Waals surface area contributed by atoms with E-state index in [2.05, 4.69) is 109 Å². The van der Waals surface area contributed by atoms with Gasteiger partial charge in [-0.1, -0.05) is 0 Å². The zero-order valence-corrected chi connectivity index (χ0v) is 15.1. The quantitative estimate of drug-likeness (QED) is 0.420. The average molecular weight is 410 g/mol. The SMILES string of the molecule is C(=C(\C=C\c1ccccc1)[Te]c1ccccc1)/c1ccccc1. The van der Waals surface area contributed by atoms with Gasteiger partial charge in [0.15, 0.2) is 0 Å². The Labute approximate surface area is 148 Å². The first-order valence-electron chi connectivity index (χ1n) is 7.63. The molecule has 3 aromatic carbocycles. The topological polar surface area (TPSA) is 0 Å². The number of rotatable bonds is 5. The first kappa shape index (κ1) is 15.8. The molecule has 0 aliphatic carbocycles. The predicted molar refractivity (Wildman–Crippen MR) is 102 cm³/mol. The fourth-order valence-electron chi connectivity index (χ4n) is 2.19. The molecule has 0 saturated carbocycles. The Balaban J connectivity index is 1.87. The molecule has 0 nitrogen and oxygen atoms in total. The van der Waals surface area contributed by atoms with E-state index in [0.29, 0.717) is 0 Å². The van der Waals surface area contributed by atoms with Gasteiger partial charge < -0.3 is 0 Å². The van der Waals surface area contributed by atoms with Gasteiger partial charge in [0.2, 0.25) is 0 Å². The molecule has 0 bridgehead atoms. The van der Waals surface area contributed by atoms with Crippen molar-refractivity contribution in [1.29, 1.82) is 0 Å². The minimum atomic E-state index is -0.392. The molecule has 0 aliphatic heterocycles. The second-order valence-corrected chi connectivity index (χ2v) is 8.39. The molecule has 1 heteroatoms. The van der Waals surface area contributed by atoms with E-state index in [1.165, 1.54) is 18.4 Å². The van der Waals surface area contributed by atoms with Crippen molar-refractivity contribution in [2.45, 2.75) is 0 Å². The summed E-state index contributed by atoms with van der Waals surface area (Å²) >= 11 is -0.392. The maximum absolute atomic E-state index is 2.31. The second kappa shape index (κ2) is 8.53. The van der Waals surface area contributed by atoms with Gasteiger partial charge >= 0.3 is 149 Å². The first-order valence-corrected chi connectivity index (χ1v) is 9.96. The zero-order chi connectivity index (χ0) is 15.7. The van der Waals surface area contributed by atoms with Crippen molar-refractivity contribution < 1.29 is 0 Å². The van der Waals surface area contributed by atoms with E-state index >= 15 is 0 Å². The van der Waals surface area contributed by atoms with Crippen LogP contribution in [0, 0.1) is 0 Å². The van der Waals surface area contributed by atoms with Crippen LogP contribution in [0.15, 0.2) is 101 Å². The molecule has 0 aliphatic rings. The molecule has 3 aromatic rings. The molecule has 0 amide bonds. The monoisotopic (exact) mass is 412 g/mol. The zero-order valence-electron chi connectivity index (χ0n) is 12.8. The van der Waals surface area contributed by atoms with Crippen molar-refractivity contribution in [2.75, 3.05) is 0 Å². The molecule has 112 valence electrons. The number of benzene rings is 3. The summed E-state index contributed by atoms with van der Waals surface area (Å²) in [5.41, 5.74) is 2.51. The van der Waals surface area contributed by atoms with Crippen LogP contribution in [0.4, 0.5) is 0 Å². The molecule has 0 N–H and O–H groups in total. The summed E-state index contributed by atoms with van der Waals surface area (Å²) in [6.07, 6.45) is 6.80. The van der Waals surface area contributed by atoms with Gasteiger partial charge in [-0.3, -0.25) is 0 Å². The summed E-state index contributed by atoms with van der Waals surface area (Å²) in [5, 5.41) is 0. The number of allylic oxidation sites excluding steroid dienone is 2. The molecule has 0 fully saturated rings. The van der Waals surface area contributed by atoms with E-state index in [4.69, 9.17) is 0 Å². The molecule has 0 spiro atoms. The van der Waals surface area contributed by atoms with E-state index in [1.807, 2.05) is 0 Å². The van der Waals surface area contributed by atoms with Gasteiger partial charge in [0, 0.05) is 0 Å². The van der Waals surface area contributed by atoms with Crippen LogP contribution in [0.2, 0.25) is 0 Å². The fourth-order valence-corrected chi connectivity index (χ4v) is 4.75. The molecule has 0 heterocycles. The molecule has 3 rings (SSSR count). The van der Waals surface area contributed by atoms with Crippen molar-refractivity contribution in [3.63, 3.8) is 0 Å². The molecule has 0 unspecified atom stereocenters. The summed E-state index contributed by atoms with van der Waals surface area (Å²) in [7, 11) is 0. The van der Waals surface area contributed by atoms with Crippen LogP contribution < -0.4 is 3.61 Å². The summed E-state index contributed by atoms with van der Waals surface area (Å²) < 4.78 is 2.88. The Morgan fingerprint density at radius 3 is 1.74 bits per heavy atom. The van der Waals surface area contributed by atoms with Crippen LogP contribution in [-0.2, 0) is 0 Å². The predicted octanol–water partition coefficient (Wildman–Crippen LogP) is 4.77. The Bertz CT molecular complexity index is 772. The normalized spacial score (nSPS) is 11.7. The van der Waals surface area contributed by atoms with Crippen LogP contribution in [0.3, 0.4) is 0 Å². The van der Waals surface area contributed by atoms with Crippen LogP contribution in [0.5, 0.6) is 0 Å². The Hall–Kier alpha value is -2.07. The standard InChI is InChI=1S/C22H18Te/c1-4-10-19(11-5-1)16-17-22(18-20-12-6-2-7-13-20)23-21-14-8-3-9-15-21/h1-18H/b17-16+,22-18-. The van der Waals surface area contributed by atoms with E-state index in [9.17, 15) is 0 Å². The van der Waals surface area contributed by atoms with Crippen molar-refractivity contribution >= 4 is 36.7 Å². The molecule has 0 radical (unpaired) electrons. The van der Waals surface area contributed by atoms with Crippen LogP contribution in [-0.4, -0.2) is 20.9 Å². The van der Waals surface area contributed by atoms with E-state index in [0.717, 1.165) is 0 Å². The van der Waals surface area contributed by atoms with Gasteiger partial charge in [-0.25, -0.2) is 0 Å². The second-order valence-electron chi connectivity index (χ2n) is 5.12. The summed E-state index contributed by atoms with van der Waals surface area (Å²) in [5.74, 6) is 0. The summed E-state index contributed by atoms with van der Waals surface area (Å²) in [6.45, 7) is 0. The number of hydrogen-bond acceptors (Lipinski definition) is 0. The van der Waals surface area contributed by atoms with Crippen LogP contribution in [0.25, 0.3) is 12.2 Å². The fraction of sp³-hybridized carbons (Fsp3) is 0. The van der Waals surface area contributed by atoms with Gasteiger partial charge in [0.25, 0.3) is 0 Å². The van der Waals surface area contributed by atoms with E-state index in [1.54, 1.807) is 0 Å². The summed E-state index contributed by atoms with van der Waals surface area (Å²) in [4.78, 5) is 0. The Morgan fingerprint density at radius 2 is 1.13 bits per heavy atom. The van der Waals surface area contributed by atoms with Crippen LogP contribution >= 0.6 is 0 Å². The Morgan fingerprint density at radius 1 is 0.609 bits per heavy atom. The van der Waals surface area contributed by atoms with Gasteiger partial charge in [0.1, 0.15) is 0 Å². The maximum atomic E-state index is 2.31. The summed E-state index contributed by atoms with van der Waals surface area (Å²) in [6, 6.07) is 31.8. The van der Waals surface area contributed by atoms with Gasteiger partial charge in [-0.05, 0) is 0 Å². The molecule has 0 atom stereocenters. The van der Waals surface area contributed by atoms with Crippen molar-refractivity contribution in [1.82, 2.24) is 0 Å². The average Bonchev–Trinajstić information content (AvgIpc) is 2.62.